The van der Waals surface area contributed by atoms with Crippen molar-refractivity contribution in [3.8, 4) is 11.1 Å². The van der Waals surface area contributed by atoms with Gasteiger partial charge in [-0.15, -0.1) is 0 Å². The first-order valence-corrected chi connectivity index (χ1v) is 5.30. The monoisotopic (exact) mass is 265 g/mol. The van der Waals surface area contributed by atoms with E-state index in [2.05, 4.69) is 0 Å². The van der Waals surface area contributed by atoms with E-state index < -0.39 is 28.7 Å². The third-order valence-electron chi connectivity index (χ3n) is 2.71. The Hall–Kier alpha value is -2.50. The van der Waals surface area contributed by atoms with Gasteiger partial charge in [-0.1, -0.05) is 6.07 Å². The fourth-order valence-electron chi connectivity index (χ4n) is 1.74. The number of rotatable bonds is 2. The molecule has 0 saturated carbocycles. The number of carboxylic acids is 1. The minimum Gasteiger partial charge on any atom is -0.477 e. The number of carbonyl (C=O) groups is 1. The third kappa shape index (κ3) is 2.24. The lowest BCUT2D eigenvalue weighted by atomic mass is 10.0. The largest absolute Gasteiger partial charge is 0.477 e. The van der Waals surface area contributed by atoms with Crippen molar-refractivity contribution in [2.45, 2.75) is 0 Å². The molecule has 1 aromatic carbocycles. The second-order valence-corrected chi connectivity index (χ2v) is 3.95. The molecule has 0 radical (unpaired) electrons. The summed E-state index contributed by atoms with van der Waals surface area (Å²) in [6.45, 7) is 0. The first-order chi connectivity index (χ1) is 8.91. The fraction of sp³-hybridized carbons (Fsp3) is 0.0769. The van der Waals surface area contributed by atoms with Crippen LogP contribution in [-0.4, -0.2) is 15.6 Å². The highest BCUT2D eigenvalue weighted by atomic mass is 19.2. The number of hydrogen-bond donors (Lipinski definition) is 1. The van der Waals surface area contributed by atoms with Gasteiger partial charge in [-0.2, -0.15) is 0 Å². The zero-order valence-corrected chi connectivity index (χ0v) is 9.85. The molecular formula is C13H9F2NO3. The molecule has 98 valence electrons. The predicted octanol–water partition coefficient (Wildman–Crippen LogP) is 2.03. The van der Waals surface area contributed by atoms with Gasteiger partial charge in [0.25, 0.3) is 5.56 Å². The Labute approximate surface area is 106 Å². The average Bonchev–Trinajstić information content (AvgIpc) is 2.35. The van der Waals surface area contributed by atoms with Crippen LogP contribution in [0.25, 0.3) is 11.1 Å². The topological polar surface area (TPSA) is 59.3 Å². The molecular weight excluding hydrogens is 256 g/mol. The second-order valence-electron chi connectivity index (χ2n) is 3.95. The van der Waals surface area contributed by atoms with Crippen LogP contribution < -0.4 is 5.56 Å². The van der Waals surface area contributed by atoms with Crippen LogP contribution in [-0.2, 0) is 7.05 Å². The minimum absolute atomic E-state index is 0.0505. The van der Waals surface area contributed by atoms with E-state index >= 15 is 0 Å². The molecule has 0 amide bonds. The fourth-order valence-corrected chi connectivity index (χ4v) is 1.74. The quantitative estimate of drug-likeness (QED) is 0.903. The molecule has 2 rings (SSSR count). The number of pyridine rings is 1. The molecule has 1 N–H and O–H groups in total. The lowest BCUT2D eigenvalue weighted by Crippen LogP contribution is -2.24. The summed E-state index contributed by atoms with van der Waals surface area (Å²) in [4.78, 5) is 22.9. The van der Waals surface area contributed by atoms with E-state index in [0.717, 1.165) is 16.7 Å². The maximum atomic E-state index is 13.2. The summed E-state index contributed by atoms with van der Waals surface area (Å²) in [5, 5.41) is 9.07. The predicted molar refractivity (Wildman–Crippen MR) is 64.0 cm³/mol. The minimum atomic E-state index is -1.42. The number of nitrogens with zero attached hydrogens (tertiary/aromatic N) is 1. The standard InChI is InChI=1S/C13H9F2NO3/c1-16-5-4-8(11(12(16)17)13(18)19)7-2-3-9(14)10(15)6-7/h2-6H,1H3,(H,18,19). The Morgan fingerprint density at radius 2 is 1.89 bits per heavy atom. The van der Waals surface area contributed by atoms with Crippen LogP contribution in [0.2, 0.25) is 0 Å². The summed E-state index contributed by atoms with van der Waals surface area (Å²) >= 11 is 0. The molecule has 1 aromatic heterocycles. The van der Waals surface area contributed by atoms with Gasteiger partial charge in [0.1, 0.15) is 5.56 Å². The summed E-state index contributed by atoms with van der Waals surface area (Å²) in [5.41, 5.74) is -1.01. The molecule has 0 unspecified atom stereocenters. The number of benzene rings is 1. The van der Waals surface area contributed by atoms with E-state index in [4.69, 9.17) is 5.11 Å². The van der Waals surface area contributed by atoms with Gasteiger partial charge in [-0.05, 0) is 23.8 Å². The zero-order chi connectivity index (χ0) is 14.2. The van der Waals surface area contributed by atoms with E-state index in [-0.39, 0.29) is 11.1 Å². The summed E-state index contributed by atoms with van der Waals surface area (Å²) in [6.07, 6.45) is 1.37. The lowest BCUT2D eigenvalue weighted by molar-refractivity contribution is 0.0695. The first kappa shape index (κ1) is 12.9. The Kier molecular flexibility index (Phi) is 3.16. The molecule has 4 nitrogen and oxygen atoms in total. The van der Waals surface area contributed by atoms with Crippen LogP contribution in [0.4, 0.5) is 8.78 Å². The average molecular weight is 265 g/mol. The van der Waals surface area contributed by atoms with Crippen molar-refractivity contribution in [2.75, 3.05) is 0 Å². The third-order valence-corrected chi connectivity index (χ3v) is 2.71. The maximum Gasteiger partial charge on any atom is 0.341 e. The Morgan fingerprint density at radius 3 is 2.47 bits per heavy atom. The number of hydrogen-bond acceptors (Lipinski definition) is 2. The van der Waals surface area contributed by atoms with Gasteiger partial charge in [-0.3, -0.25) is 4.79 Å². The van der Waals surface area contributed by atoms with Crippen LogP contribution in [0, 0.1) is 11.6 Å². The normalized spacial score (nSPS) is 10.5. The molecule has 0 aliphatic heterocycles. The van der Waals surface area contributed by atoms with Crippen LogP contribution in [0.1, 0.15) is 10.4 Å². The highest BCUT2D eigenvalue weighted by molar-refractivity contribution is 5.95. The number of aromatic nitrogens is 1. The van der Waals surface area contributed by atoms with Gasteiger partial charge in [0.05, 0.1) is 0 Å². The molecule has 6 heteroatoms. The Bertz CT molecular complexity index is 722. The molecule has 0 spiro atoms. The van der Waals surface area contributed by atoms with Gasteiger partial charge in [0, 0.05) is 18.8 Å². The highest BCUT2D eigenvalue weighted by Gasteiger charge is 2.18. The van der Waals surface area contributed by atoms with Gasteiger partial charge in [-0.25, -0.2) is 13.6 Å². The van der Waals surface area contributed by atoms with Crippen LogP contribution >= 0.6 is 0 Å². The molecule has 1 heterocycles. The molecule has 0 fully saturated rings. The van der Waals surface area contributed by atoms with Crippen molar-refractivity contribution in [1.29, 1.82) is 0 Å². The van der Waals surface area contributed by atoms with Crippen LogP contribution in [0.3, 0.4) is 0 Å². The number of aromatic carboxylic acids is 1. The molecule has 0 aliphatic carbocycles. The van der Waals surface area contributed by atoms with E-state index in [1.54, 1.807) is 0 Å². The summed E-state index contributed by atoms with van der Waals surface area (Å²) < 4.78 is 27.1. The lowest BCUT2D eigenvalue weighted by Gasteiger charge is -2.08. The van der Waals surface area contributed by atoms with Gasteiger partial charge in [0.15, 0.2) is 11.6 Å². The smallest absolute Gasteiger partial charge is 0.341 e. The van der Waals surface area contributed by atoms with Crippen molar-refractivity contribution in [2.24, 2.45) is 7.05 Å². The van der Waals surface area contributed by atoms with Crippen molar-refractivity contribution in [1.82, 2.24) is 4.57 Å². The summed E-state index contributed by atoms with van der Waals surface area (Å²) in [6, 6.07) is 4.33. The number of carboxylic acid groups (broad SMARTS) is 1. The molecule has 0 aliphatic rings. The Morgan fingerprint density at radius 1 is 1.21 bits per heavy atom. The Balaban J connectivity index is 2.75. The van der Waals surface area contributed by atoms with E-state index in [0.29, 0.717) is 0 Å². The van der Waals surface area contributed by atoms with Crippen molar-refractivity contribution in [3.05, 3.63) is 58.0 Å². The summed E-state index contributed by atoms with van der Waals surface area (Å²) in [7, 11) is 1.41. The molecule has 0 atom stereocenters. The maximum absolute atomic E-state index is 13.2. The van der Waals surface area contributed by atoms with E-state index in [1.165, 1.54) is 25.4 Å². The van der Waals surface area contributed by atoms with Crippen LogP contribution in [0.5, 0.6) is 0 Å². The molecule has 0 saturated heterocycles. The van der Waals surface area contributed by atoms with Gasteiger partial charge >= 0.3 is 5.97 Å². The molecule has 19 heavy (non-hydrogen) atoms. The van der Waals surface area contributed by atoms with Crippen molar-refractivity contribution < 1.29 is 18.7 Å². The molecule has 0 bridgehead atoms. The van der Waals surface area contributed by atoms with Crippen LogP contribution in [0.15, 0.2) is 35.3 Å². The van der Waals surface area contributed by atoms with Crippen molar-refractivity contribution >= 4 is 5.97 Å². The second kappa shape index (κ2) is 4.64. The number of halogens is 2. The van der Waals surface area contributed by atoms with Gasteiger partial charge < -0.3 is 9.67 Å². The highest BCUT2D eigenvalue weighted by Crippen LogP contribution is 2.23. The van der Waals surface area contributed by atoms with Gasteiger partial charge in [0.2, 0.25) is 0 Å². The van der Waals surface area contributed by atoms with Crippen molar-refractivity contribution in [3.63, 3.8) is 0 Å². The number of aryl methyl sites for hydroxylation is 1. The molecule has 2 aromatic rings. The SMILES string of the molecule is Cn1ccc(-c2ccc(F)c(F)c2)c(C(=O)O)c1=O. The summed E-state index contributed by atoms with van der Waals surface area (Å²) in [5.74, 6) is -3.56. The zero-order valence-electron chi connectivity index (χ0n) is 9.85. The van der Waals surface area contributed by atoms with E-state index in [1.807, 2.05) is 0 Å². The van der Waals surface area contributed by atoms with E-state index in [9.17, 15) is 18.4 Å². The first-order valence-electron chi connectivity index (χ1n) is 5.30.